The van der Waals surface area contributed by atoms with E-state index in [4.69, 9.17) is 4.74 Å². The topological polar surface area (TPSA) is 55.4 Å². The Hall–Kier alpha value is -2.28. The lowest BCUT2D eigenvalue weighted by Crippen LogP contribution is -2.30. The number of ether oxygens (including phenoxy) is 1. The molecule has 1 heterocycles. The maximum absolute atomic E-state index is 13.4. The predicted octanol–water partition coefficient (Wildman–Crippen LogP) is 3.53. The van der Waals surface area contributed by atoms with E-state index in [-0.39, 0.29) is 12.1 Å². The minimum Gasteiger partial charge on any atom is -0.453 e. The summed E-state index contributed by atoms with van der Waals surface area (Å²) < 4.78 is 31.5. The fourth-order valence-corrected chi connectivity index (χ4v) is 2.52. The van der Waals surface area contributed by atoms with Crippen LogP contribution in [-0.2, 0) is 20.7 Å². The number of nitrogens with one attached hydrogen (secondary N) is 1. The number of anilines is 1. The molecule has 1 atom stereocenters. The maximum atomic E-state index is 13.4. The van der Waals surface area contributed by atoms with Crippen LogP contribution in [0.15, 0.2) is 35.0 Å². The molecule has 7 heteroatoms. The van der Waals surface area contributed by atoms with Crippen molar-refractivity contribution in [2.24, 2.45) is 0 Å². The van der Waals surface area contributed by atoms with Gasteiger partial charge in [0, 0.05) is 12.5 Å². The number of carbonyl (C=O) groups is 2. The summed E-state index contributed by atoms with van der Waals surface area (Å²) in [5.41, 5.74) is 0.724. The molecule has 0 saturated carbocycles. The molecule has 4 nitrogen and oxygen atoms in total. The summed E-state index contributed by atoms with van der Waals surface area (Å²) in [6, 6.07) is 4.61. The standard InChI is InChI=1S/C16H15F2NO3S/c1-10(22-15(20)5-2-11-6-7-23-9-11)16(21)19-14-8-12(17)3-4-13(14)18/h3-4,6-10H,2,5H2,1H3,(H,19,21)/t10-/m1/s1. The smallest absolute Gasteiger partial charge is 0.306 e. The first-order valence-electron chi connectivity index (χ1n) is 6.92. The summed E-state index contributed by atoms with van der Waals surface area (Å²) in [4.78, 5) is 23.6. The monoisotopic (exact) mass is 339 g/mol. The van der Waals surface area contributed by atoms with Crippen molar-refractivity contribution in [3.63, 3.8) is 0 Å². The van der Waals surface area contributed by atoms with Crippen molar-refractivity contribution in [3.8, 4) is 0 Å². The lowest BCUT2D eigenvalue weighted by atomic mass is 10.2. The van der Waals surface area contributed by atoms with Gasteiger partial charge in [-0.3, -0.25) is 9.59 Å². The number of carbonyl (C=O) groups excluding carboxylic acids is 2. The van der Waals surface area contributed by atoms with E-state index in [9.17, 15) is 18.4 Å². The van der Waals surface area contributed by atoms with E-state index in [1.807, 2.05) is 16.8 Å². The highest BCUT2D eigenvalue weighted by atomic mass is 32.1. The second-order valence-electron chi connectivity index (χ2n) is 4.88. The number of amides is 1. The van der Waals surface area contributed by atoms with Crippen LogP contribution in [0.4, 0.5) is 14.5 Å². The van der Waals surface area contributed by atoms with Gasteiger partial charge in [-0.15, -0.1) is 0 Å². The van der Waals surface area contributed by atoms with Gasteiger partial charge in [-0.2, -0.15) is 11.3 Å². The van der Waals surface area contributed by atoms with Gasteiger partial charge < -0.3 is 10.1 Å². The molecule has 0 saturated heterocycles. The van der Waals surface area contributed by atoms with Crippen molar-refractivity contribution in [3.05, 3.63) is 52.2 Å². The summed E-state index contributed by atoms with van der Waals surface area (Å²) in [7, 11) is 0. The van der Waals surface area contributed by atoms with Crippen LogP contribution in [-0.4, -0.2) is 18.0 Å². The molecular weight excluding hydrogens is 324 g/mol. The molecule has 122 valence electrons. The molecule has 1 aromatic carbocycles. The van der Waals surface area contributed by atoms with Gasteiger partial charge in [0.05, 0.1) is 5.69 Å². The van der Waals surface area contributed by atoms with Crippen molar-refractivity contribution < 1.29 is 23.1 Å². The van der Waals surface area contributed by atoms with E-state index >= 15 is 0 Å². The Bertz CT molecular complexity index is 689. The van der Waals surface area contributed by atoms with E-state index in [1.54, 1.807) is 0 Å². The third kappa shape index (κ3) is 5.14. The molecule has 23 heavy (non-hydrogen) atoms. The zero-order chi connectivity index (χ0) is 16.8. The average molecular weight is 339 g/mol. The minimum absolute atomic E-state index is 0.142. The van der Waals surface area contributed by atoms with Gasteiger partial charge in [0.1, 0.15) is 11.6 Å². The highest BCUT2D eigenvalue weighted by Crippen LogP contribution is 2.16. The average Bonchev–Trinajstić information content (AvgIpc) is 3.02. The molecule has 0 radical (unpaired) electrons. The van der Waals surface area contributed by atoms with Gasteiger partial charge in [-0.05, 0) is 47.9 Å². The Labute approximate surface area is 136 Å². The molecule has 0 bridgehead atoms. The molecule has 1 amide bonds. The Morgan fingerprint density at radius 2 is 2.09 bits per heavy atom. The minimum atomic E-state index is -1.10. The van der Waals surface area contributed by atoms with E-state index < -0.39 is 29.6 Å². The molecule has 0 unspecified atom stereocenters. The van der Waals surface area contributed by atoms with Crippen LogP contribution in [0.1, 0.15) is 18.9 Å². The molecule has 0 aliphatic carbocycles. The van der Waals surface area contributed by atoms with Gasteiger partial charge >= 0.3 is 5.97 Å². The van der Waals surface area contributed by atoms with Gasteiger partial charge in [0.25, 0.3) is 5.91 Å². The quantitative estimate of drug-likeness (QED) is 0.819. The van der Waals surface area contributed by atoms with E-state index in [1.165, 1.54) is 18.3 Å². The Balaban J connectivity index is 1.84. The number of rotatable bonds is 6. The predicted molar refractivity (Wildman–Crippen MR) is 83.2 cm³/mol. The number of benzene rings is 1. The second-order valence-corrected chi connectivity index (χ2v) is 5.66. The Kier molecular flexibility index (Phi) is 5.81. The number of aryl methyl sites for hydroxylation is 1. The number of hydrogen-bond donors (Lipinski definition) is 1. The number of halogens is 2. The first kappa shape index (κ1) is 17.1. The van der Waals surface area contributed by atoms with Crippen LogP contribution >= 0.6 is 11.3 Å². The second kappa shape index (κ2) is 7.82. The molecule has 0 aliphatic rings. The van der Waals surface area contributed by atoms with Crippen LogP contribution in [0.5, 0.6) is 0 Å². The normalized spacial score (nSPS) is 11.8. The fraction of sp³-hybridized carbons (Fsp3) is 0.250. The van der Waals surface area contributed by atoms with E-state index in [0.717, 1.165) is 23.8 Å². The van der Waals surface area contributed by atoms with Crippen LogP contribution in [0, 0.1) is 11.6 Å². The molecule has 0 fully saturated rings. The lowest BCUT2D eigenvalue weighted by molar-refractivity contribution is -0.153. The number of hydrogen-bond acceptors (Lipinski definition) is 4. The fourth-order valence-electron chi connectivity index (χ4n) is 1.82. The van der Waals surface area contributed by atoms with Crippen LogP contribution < -0.4 is 5.32 Å². The largest absolute Gasteiger partial charge is 0.453 e. The van der Waals surface area contributed by atoms with Crippen molar-refractivity contribution in [2.75, 3.05) is 5.32 Å². The van der Waals surface area contributed by atoms with E-state index in [2.05, 4.69) is 5.32 Å². The molecule has 0 aliphatic heterocycles. The summed E-state index contributed by atoms with van der Waals surface area (Å²) in [5, 5.41) is 6.03. The van der Waals surface area contributed by atoms with Gasteiger partial charge in [0.2, 0.25) is 0 Å². The van der Waals surface area contributed by atoms with Crippen LogP contribution in [0.3, 0.4) is 0 Å². The molecule has 0 spiro atoms. The third-order valence-electron chi connectivity index (χ3n) is 3.06. The van der Waals surface area contributed by atoms with Crippen molar-refractivity contribution >= 4 is 28.9 Å². The summed E-state index contributed by atoms with van der Waals surface area (Å²) in [6.07, 6.45) is -0.439. The van der Waals surface area contributed by atoms with Crippen molar-refractivity contribution in [2.45, 2.75) is 25.9 Å². The number of thiophene rings is 1. The van der Waals surface area contributed by atoms with Crippen LogP contribution in [0.2, 0.25) is 0 Å². The first-order valence-corrected chi connectivity index (χ1v) is 7.86. The molecule has 2 rings (SSSR count). The van der Waals surface area contributed by atoms with Crippen molar-refractivity contribution in [1.29, 1.82) is 0 Å². The third-order valence-corrected chi connectivity index (χ3v) is 3.79. The Morgan fingerprint density at radius 1 is 1.30 bits per heavy atom. The van der Waals surface area contributed by atoms with Gasteiger partial charge in [-0.1, -0.05) is 0 Å². The van der Waals surface area contributed by atoms with Gasteiger partial charge in [0.15, 0.2) is 6.10 Å². The highest BCUT2D eigenvalue weighted by Gasteiger charge is 2.19. The molecule has 1 N–H and O–H groups in total. The first-order chi connectivity index (χ1) is 11.0. The van der Waals surface area contributed by atoms with E-state index in [0.29, 0.717) is 6.42 Å². The van der Waals surface area contributed by atoms with Gasteiger partial charge in [-0.25, -0.2) is 8.78 Å². The number of esters is 1. The maximum Gasteiger partial charge on any atom is 0.306 e. The summed E-state index contributed by atoms with van der Waals surface area (Å²) in [5.74, 6) is -2.70. The SMILES string of the molecule is C[C@@H](OC(=O)CCc1ccsc1)C(=O)Nc1cc(F)ccc1F. The molecule has 2 aromatic rings. The molecular formula is C16H15F2NO3S. The summed E-state index contributed by atoms with van der Waals surface area (Å²) in [6.45, 7) is 1.37. The lowest BCUT2D eigenvalue weighted by Gasteiger charge is -2.14. The highest BCUT2D eigenvalue weighted by molar-refractivity contribution is 7.07. The zero-order valence-electron chi connectivity index (χ0n) is 12.3. The van der Waals surface area contributed by atoms with Crippen molar-refractivity contribution in [1.82, 2.24) is 0 Å². The Morgan fingerprint density at radius 3 is 2.78 bits per heavy atom. The summed E-state index contributed by atoms with van der Waals surface area (Å²) >= 11 is 1.53. The van der Waals surface area contributed by atoms with Crippen LogP contribution in [0.25, 0.3) is 0 Å². The zero-order valence-corrected chi connectivity index (χ0v) is 13.2. The molecule has 1 aromatic heterocycles.